The smallest absolute Gasteiger partial charge is 0.333 e. The first-order chi connectivity index (χ1) is 5.65. The summed E-state index contributed by atoms with van der Waals surface area (Å²) in [5.41, 5.74) is 1.24. The third kappa shape index (κ3) is 2.75. The Morgan fingerprint density at radius 2 is 2.23 bits per heavy atom. The van der Waals surface area contributed by atoms with E-state index in [4.69, 9.17) is 9.94 Å². The summed E-state index contributed by atoms with van der Waals surface area (Å²) >= 11 is 0. The summed E-state index contributed by atoms with van der Waals surface area (Å²) in [4.78, 5) is 15.5. The molecule has 0 spiro atoms. The predicted molar refractivity (Wildman–Crippen MR) is 50.4 cm³/mol. The Balaban J connectivity index is 0.00000144. The fourth-order valence-electron chi connectivity index (χ4n) is 0.984. The molecule has 0 radical (unpaired) electrons. The van der Waals surface area contributed by atoms with Crippen LogP contribution in [-0.4, -0.2) is 29.8 Å². The van der Waals surface area contributed by atoms with E-state index < -0.39 is 5.97 Å². The first-order valence-electron chi connectivity index (χ1n) is 3.57. The lowest BCUT2D eigenvalue weighted by molar-refractivity contribution is -0.135. The summed E-state index contributed by atoms with van der Waals surface area (Å²) < 4.78 is 0. The second-order valence-electron chi connectivity index (χ2n) is 2.52. The molecule has 0 aromatic heterocycles. The second-order valence-corrected chi connectivity index (χ2v) is 2.52. The Morgan fingerprint density at radius 1 is 1.62 bits per heavy atom. The number of rotatable bonds is 2. The van der Waals surface area contributed by atoms with Crippen molar-refractivity contribution < 1.29 is 14.7 Å². The highest BCUT2D eigenvalue weighted by molar-refractivity contribution is 5.87. The van der Waals surface area contributed by atoms with Crippen molar-refractivity contribution in [1.82, 2.24) is 5.06 Å². The summed E-state index contributed by atoms with van der Waals surface area (Å²) in [6.07, 6.45) is 3.31. The van der Waals surface area contributed by atoms with E-state index in [-0.39, 0.29) is 12.4 Å². The molecule has 1 N–H and O–H groups in total. The average molecular weight is 206 g/mol. The molecule has 74 valence electrons. The molecule has 0 bridgehead atoms. The Kier molecular flexibility index (Phi) is 4.51. The molecule has 4 nitrogen and oxygen atoms in total. The lowest BCUT2D eigenvalue weighted by Crippen LogP contribution is -2.27. The van der Waals surface area contributed by atoms with Crippen molar-refractivity contribution in [1.29, 1.82) is 0 Å². The molecule has 5 heteroatoms. The topological polar surface area (TPSA) is 49.8 Å². The van der Waals surface area contributed by atoms with Crippen LogP contribution >= 0.6 is 12.4 Å². The van der Waals surface area contributed by atoms with Crippen molar-refractivity contribution in [2.24, 2.45) is 0 Å². The molecule has 1 aliphatic rings. The van der Waals surface area contributed by atoms with E-state index in [9.17, 15) is 4.79 Å². The largest absolute Gasteiger partial charge is 0.478 e. The Morgan fingerprint density at radius 3 is 2.69 bits per heavy atom. The van der Waals surface area contributed by atoms with Gasteiger partial charge in [0.25, 0.3) is 0 Å². The summed E-state index contributed by atoms with van der Waals surface area (Å²) in [6.45, 7) is 2.16. The van der Waals surface area contributed by atoms with Crippen LogP contribution in [0.3, 0.4) is 0 Å². The molecule has 1 aliphatic heterocycles. The van der Waals surface area contributed by atoms with E-state index in [0.29, 0.717) is 12.1 Å². The van der Waals surface area contributed by atoms with E-state index in [1.165, 1.54) is 12.2 Å². The summed E-state index contributed by atoms with van der Waals surface area (Å²) in [6, 6.07) is 0. The van der Waals surface area contributed by atoms with Gasteiger partial charge in [-0.3, -0.25) is 9.90 Å². The summed E-state index contributed by atoms with van der Waals surface area (Å²) in [5.74, 6) is -0.902. The summed E-state index contributed by atoms with van der Waals surface area (Å²) in [7, 11) is 1.52. The first kappa shape index (κ1) is 12.0. The molecule has 0 aromatic rings. The van der Waals surface area contributed by atoms with Crippen molar-refractivity contribution in [3.63, 3.8) is 0 Å². The zero-order chi connectivity index (χ0) is 9.14. The molecule has 0 atom stereocenters. The Labute approximate surface area is 82.8 Å². The van der Waals surface area contributed by atoms with E-state index >= 15 is 0 Å². The normalized spacial score (nSPS) is 15.7. The van der Waals surface area contributed by atoms with Gasteiger partial charge in [-0.05, 0) is 19.1 Å². The van der Waals surface area contributed by atoms with Crippen LogP contribution in [0.1, 0.15) is 6.92 Å². The predicted octanol–water partition coefficient (Wildman–Crippen LogP) is 1.20. The van der Waals surface area contributed by atoms with Crippen LogP contribution in [0.4, 0.5) is 0 Å². The van der Waals surface area contributed by atoms with Gasteiger partial charge < -0.3 is 5.11 Å². The quantitative estimate of drug-likeness (QED) is 0.736. The number of halogens is 1. The molecule has 0 fully saturated rings. The minimum atomic E-state index is -0.902. The highest BCUT2D eigenvalue weighted by atomic mass is 35.5. The number of hydrogen-bond donors (Lipinski definition) is 1. The standard InChI is InChI=1S/C8H11NO3.ClH/c1-6-3-4-7(8(10)11)5-9(6)12-2;/h3-4H,5H2,1-2H3,(H,10,11);1H. The number of nitrogens with zero attached hydrogens (tertiary/aromatic N) is 1. The molecule has 0 amide bonds. The van der Waals surface area contributed by atoms with Gasteiger partial charge in [0, 0.05) is 5.70 Å². The fraction of sp³-hybridized carbons (Fsp3) is 0.375. The zero-order valence-electron chi connectivity index (χ0n) is 7.48. The number of carboxylic acids is 1. The van der Waals surface area contributed by atoms with Gasteiger partial charge in [0.05, 0.1) is 19.2 Å². The second kappa shape index (κ2) is 4.89. The molecule has 0 unspecified atom stereocenters. The van der Waals surface area contributed by atoms with Gasteiger partial charge in [-0.15, -0.1) is 12.4 Å². The number of carboxylic acid groups (broad SMARTS) is 1. The SMILES string of the molecule is CON1CC(C(=O)O)=CC=C1C.Cl. The van der Waals surface area contributed by atoms with Gasteiger partial charge in [0.2, 0.25) is 0 Å². The zero-order valence-corrected chi connectivity index (χ0v) is 8.30. The van der Waals surface area contributed by atoms with Gasteiger partial charge >= 0.3 is 5.97 Å². The van der Waals surface area contributed by atoms with E-state index in [2.05, 4.69) is 0 Å². The van der Waals surface area contributed by atoms with Crippen LogP contribution in [-0.2, 0) is 9.63 Å². The van der Waals surface area contributed by atoms with Crippen LogP contribution in [0.25, 0.3) is 0 Å². The third-order valence-electron chi connectivity index (χ3n) is 1.73. The lowest BCUT2D eigenvalue weighted by atomic mass is 10.2. The van der Waals surface area contributed by atoms with Crippen molar-refractivity contribution in [3.05, 3.63) is 23.4 Å². The van der Waals surface area contributed by atoms with Gasteiger partial charge in [-0.1, -0.05) is 0 Å². The molecule has 0 saturated carbocycles. The maximum Gasteiger partial charge on any atom is 0.333 e. The molecule has 0 aromatic carbocycles. The Hall–Kier alpha value is -1.000. The molecule has 0 saturated heterocycles. The lowest BCUT2D eigenvalue weighted by Gasteiger charge is -2.24. The van der Waals surface area contributed by atoms with E-state index in [0.717, 1.165) is 5.70 Å². The van der Waals surface area contributed by atoms with Gasteiger partial charge in [-0.2, -0.15) is 0 Å². The number of allylic oxidation sites excluding steroid dienone is 3. The van der Waals surface area contributed by atoms with Gasteiger partial charge in [-0.25, -0.2) is 4.79 Å². The van der Waals surface area contributed by atoms with Crippen LogP contribution in [0.2, 0.25) is 0 Å². The van der Waals surface area contributed by atoms with Gasteiger partial charge in [0.15, 0.2) is 0 Å². The Bertz CT molecular complexity index is 260. The molecular weight excluding hydrogens is 194 g/mol. The first-order valence-corrected chi connectivity index (χ1v) is 3.57. The van der Waals surface area contributed by atoms with Crippen LogP contribution < -0.4 is 0 Å². The molecular formula is C8H12ClNO3. The van der Waals surface area contributed by atoms with Crippen molar-refractivity contribution in [3.8, 4) is 0 Å². The number of hydroxylamine groups is 2. The van der Waals surface area contributed by atoms with Crippen LogP contribution in [0.15, 0.2) is 23.4 Å². The third-order valence-corrected chi connectivity index (χ3v) is 1.73. The maximum absolute atomic E-state index is 10.5. The molecule has 1 rings (SSSR count). The van der Waals surface area contributed by atoms with Crippen molar-refractivity contribution in [2.75, 3.05) is 13.7 Å². The highest BCUT2D eigenvalue weighted by Gasteiger charge is 2.16. The van der Waals surface area contributed by atoms with E-state index in [1.54, 1.807) is 12.2 Å². The molecule has 1 heterocycles. The fourth-order valence-corrected chi connectivity index (χ4v) is 0.984. The van der Waals surface area contributed by atoms with E-state index in [1.807, 2.05) is 6.92 Å². The minimum absolute atomic E-state index is 0. The number of hydrogen-bond acceptors (Lipinski definition) is 3. The van der Waals surface area contributed by atoms with Crippen molar-refractivity contribution >= 4 is 18.4 Å². The number of carbonyl (C=O) groups is 1. The number of aliphatic carboxylic acids is 1. The summed E-state index contributed by atoms with van der Waals surface area (Å²) in [5, 5.41) is 10.2. The monoisotopic (exact) mass is 205 g/mol. The van der Waals surface area contributed by atoms with Gasteiger partial charge in [0.1, 0.15) is 0 Å². The highest BCUT2D eigenvalue weighted by Crippen LogP contribution is 2.13. The van der Waals surface area contributed by atoms with Crippen LogP contribution in [0, 0.1) is 0 Å². The maximum atomic E-state index is 10.5. The minimum Gasteiger partial charge on any atom is -0.478 e. The average Bonchev–Trinajstić information content (AvgIpc) is 2.05. The van der Waals surface area contributed by atoms with Crippen LogP contribution in [0.5, 0.6) is 0 Å². The van der Waals surface area contributed by atoms with Crippen molar-refractivity contribution in [2.45, 2.75) is 6.92 Å². The molecule has 13 heavy (non-hydrogen) atoms. The molecule has 0 aliphatic carbocycles.